The zero-order valence-corrected chi connectivity index (χ0v) is 15.9. The molecule has 29 heavy (non-hydrogen) atoms. The van der Waals surface area contributed by atoms with Crippen LogP contribution in [0.5, 0.6) is 0 Å². The lowest BCUT2D eigenvalue weighted by Crippen LogP contribution is -2.47. The number of para-hydroxylation sites is 1. The van der Waals surface area contributed by atoms with Crippen LogP contribution in [-0.4, -0.2) is 41.0 Å². The van der Waals surface area contributed by atoms with Crippen molar-refractivity contribution in [3.05, 3.63) is 70.3 Å². The van der Waals surface area contributed by atoms with E-state index in [9.17, 15) is 18.0 Å². The zero-order chi connectivity index (χ0) is 20.6. The first kappa shape index (κ1) is 19.4. The smallest absolute Gasteiger partial charge is 0.369 e. The number of alkyl halides is 3. The van der Waals surface area contributed by atoms with Crippen molar-refractivity contribution in [2.45, 2.75) is 19.1 Å². The van der Waals surface area contributed by atoms with E-state index in [2.05, 4.69) is 14.9 Å². The molecule has 4 rings (SSSR count). The Bertz CT molecular complexity index is 1070. The van der Waals surface area contributed by atoms with Gasteiger partial charge in [-0.15, -0.1) is 0 Å². The highest BCUT2D eigenvalue weighted by molar-refractivity contribution is 5.77. The van der Waals surface area contributed by atoms with Crippen LogP contribution in [0.15, 0.2) is 53.3 Å². The number of benzene rings is 2. The van der Waals surface area contributed by atoms with Gasteiger partial charge < -0.3 is 9.88 Å². The fourth-order valence-corrected chi connectivity index (χ4v) is 3.72. The van der Waals surface area contributed by atoms with E-state index in [1.54, 1.807) is 18.2 Å². The van der Waals surface area contributed by atoms with E-state index in [-0.39, 0.29) is 11.6 Å². The third-order valence-electron chi connectivity index (χ3n) is 5.43. The number of nitrogens with one attached hydrogen (secondary N) is 1. The molecule has 1 unspecified atom stereocenters. The summed E-state index contributed by atoms with van der Waals surface area (Å²) in [5, 5.41) is 0.554. The molecule has 0 saturated carbocycles. The first-order valence-electron chi connectivity index (χ1n) is 9.48. The third kappa shape index (κ3) is 3.98. The van der Waals surface area contributed by atoms with Gasteiger partial charge in [0.1, 0.15) is 5.82 Å². The predicted octanol–water partition coefficient (Wildman–Crippen LogP) is 3.83. The first-order valence-corrected chi connectivity index (χ1v) is 9.48. The quantitative estimate of drug-likeness (QED) is 0.724. The van der Waals surface area contributed by atoms with Gasteiger partial charge >= 0.3 is 6.18 Å². The zero-order valence-electron chi connectivity index (χ0n) is 15.9. The number of H-pyrrole nitrogens is 1. The number of fused-ring (bicyclic) bond motifs is 1. The summed E-state index contributed by atoms with van der Waals surface area (Å²) in [6, 6.07) is 12.5. The van der Waals surface area contributed by atoms with E-state index in [4.69, 9.17) is 0 Å². The van der Waals surface area contributed by atoms with Crippen molar-refractivity contribution in [1.82, 2.24) is 14.9 Å². The SMILES string of the molecule is CC(c1nc2ccccc2c(=O)[nH]1)N1CCN(c2cccc(C(F)(F)F)c2)CC1. The summed E-state index contributed by atoms with van der Waals surface area (Å²) in [5.41, 5.74) is 0.425. The molecule has 1 fully saturated rings. The number of rotatable bonds is 3. The highest BCUT2D eigenvalue weighted by atomic mass is 19.4. The molecule has 2 heterocycles. The van der Waals surface area contributed by atoms with Gasteiger partial charge in [-0.05, 0) is 37.3 Å². The van der Waals surface area contributed by atoms with Crippen LogP contribution in [-0.2, 0) is 6.18 Å². The molecule has 1 aliphatic rings. The number of hydrogen-bond acceptors (Lipinski definition) is 4. The topological polar surface area (TPSA) is 52.2 Å². The monoisotopic (exact) mass is 402 g/mol. The van der Waals surface area contributed by atoms with E-state index < -0.39 is 11.7 Å². The maximum absolute atomic E-state index is 13.0. The van der Waals surface area contributed by atoms with Gasteiger partial charge in [-0.1, -0.05) is 18.2 Å². The second-order valence-electron chi connectivity index (χ2n) is 7.22. The minimum Gasteiger partial charge on any atom is -0.369 e. The van der Waals surface area contributed by atoms with Crippen molar-refractivity contribution in [2.75, 3.05) is 31.1 Å². The average Bonchev–Trinajstić information content (AvgIpc) is 2.73. The largest absolute Gasteiger partial charge is 0.416 e. The minimum absolute atomic E-state index is 0.101. The van der Waals surface area contributed by atoms with E-state index >= 15 is 0 Å². The van der Waals surface area contributed by atoms with Crippen molar-refractivity contribution in [3.63, 3.8) is 0 Å². The van der Waals surface area contributed by atoms with E-state index in [1.165, 1.54) is 12.1 Å². The average molecular weight is 402 g/mol. The lowest BCUT2D eigenvalue weighted by Gasteiger charge is -2.38. The van der Waals surface area contributed by atoms with Crippen LogP contribution in [0.4, 0.5) is 18.9 Å². The summed E-state index contributed by atoms with van der Waals surface area (Å²) in [5.74, 6) is 0.598. The number of aromatic nitrogens is 2. The highest BCUT2D eigenvalue weighted by Crippen LogP contribution is 2.32. The van der Waals surface area contributed by atoms with Crippen LogP contribution in [0.1, 0.15) is 24.4 Å². The molecule has 1 N–H and O–H groups in total. The van der Waals surface area contributed by atoms with Gasteiger partial charge in [0.2, 0.25) is 0 Å². The molecule has 8 heteroatoms. The minimum atomic E-state index is -4.35. The molecule has 1 aliphatic heterocycles. The maximum atomic E-state index is 13.0. The van der Waals surface area contributed by atoms with Crippen LogP contribution in [0, 0.1) is 0 Å². The number of anilines is 1. The Kier molecular flexibility index (Phi) is 5.04. The van der Waals surface area contributed by atoms with E-state index in [0.717, 1.165) is 6.07 Å². The normalized spacial score (nSPS) is 16.9. The lowest BCUT2D eigenvalue weighted by atomic mass is 10.1. The fourth-order valence-electron chi connectivity index (χ4n) is 3.72. The lowest BCUT2D eigenvalue weighted by molar-refractivity contribution is -0.137. The molecule has 1 aromatic heterocycles. The Morgan fingerprint density at radius 2 is 1.76 bits per heavy atom. The summed E-state index contributed by atoms with van der Waals surface area (Å²) < 4.78 is 38.9. The highest BCUT2D eigenvalue weighted by Gasteiger charge is 2.31. The van der Waals surface area contributed by atoms with E-state index in [1.807, 2.05) is 24.0 Å². The van der Waals surface area contributed by atoms with Crippen molar-refractivity contribution in [3.8, 4) is 0 Å². The second kappa shape index (κ2) is 7.51. The van der Waals surface area contributed by atoms with Crippen LogP contribution >= 0.6 is 0 Å². The van der Waals surface area contributed by atoms with Gasteiger partial charge in [-0.25, -0.2) is 4.98 Å². The molecule has 0 spiro atoms. The fraction of sp³-hybridized carbons (Fsp3) is 0.333. The molecular weight excluding hydrogens is 381 g/mol. The first-order chi connectivity index (χ1) is 13.8. The van der Waals surface area contributed by atoms with Crippen LogP contribution in [0.25, 0.3) is 10.9 Å². The number of piperazine rings is 1. The van der Waals surface area contributed by atoms with Crippen molar-refractivity contribution < 1.29 is 13.2 Å². The molecule has 1 atom stereocenters. The standard InChI is InChI=1S/C21H21F3N4O/c1-14(19-25-18-8-3-2-7-17(18)20(29)26-19)27-9-11-28(12-10-27)16-6-4-5-15(13-16)21(22,23)24/h2-8,13-14H,9-12H2,1H3,(H,25,26,29). The number of aromatic amines is 1. The van der Waals surface area contributed by atoms with Gasteiger partial charge in [0.15, 0.2) is 0 Å². The van der Waals surface area contributed by atoms with Crippen LogP contribution < -0.4 is 10.5 Å². The maximum Gasteiger partial charge on any atom is 0.416 e. The molecular formula is C21H21F3N4O. The number of hydrogen-bond donors (Lipinski definition) is 1. The van der Waals surface area contributed by atoms with Gasteiger partial charge in [0.25, 0.3) is 5.56 Å². The Balaban J connectivity index is 1.48. The molecule has 0 radical (unpaired) electrons. The molecule has 1 saturated heterocycles. The third-order valence-corrected chi connectivity index (χ3v) is 5.43. The molecule has 0 bridgehead atoms. The Labute approximate surface area is 165 Å². The molecule has 2 aromatic carbocycles. The van der Waals surface area contributed by atoms with Crippen molar-refractivity contribution >= 4 is 16.6 Å². The summed E-state index contributed by atoms with van der Waals surface area (Å²) in [6.45, 7) is 4.50. The van der Waals surface area contributed by atoms with E-state index in [0.29, 0.717) is 48.6 Å². The molecule has 3 aromatic rings. The van der Waals surface area contributed by atoms with Crippen LogP contribution in [0.3, 0.4) is 0 Å². The molecule has 0 aliphatic carbocycles. The summed E-state index contributed by atoms with van der Waals surface area (Å²) in [7, 11) is 0. The summed E-state index contributed by atoms with van der Waals surface area (Å²) >= 11 is 0. The Morgan fingerprint density at radius 1 is 1.03 bits per heavy atom. The predicted molar refractivity (Wildman–Crippen MR) is 106 cm³/mol. The van der Waals surface area contributed by atoms with Crippen LogP contribution in [0.2, 0.25) is 0 Å². The van der Waals surface area contributed by atoms with Crippen molar-refractivity contribution in [1.29, 1.82) is 0 Å². The van der Waals surface area contributed by atoms with Crippen molar-refractivity contribution in [2.24, 2.45) is 0 Å². The number of nitrogens with zero attached hydrogens (tertiary/aromatic N) is 3. The summed E-state index contributed by atoms with van der Waals surface area (Å²) in [4.78, 5) is 23.9. The van der Waals surface area contributed by atoms with Gasteiger partial charge in [-0.2, -0.15) is 13.2 Å². The molecule has 152 valence electrons. The van der Waals surface area contributed by atoms with Gasteiger partial charge in [0, 0.05) is 31.9 Å². The molecule has 0 amide bonds. The Hall–Kier alpha value is -2.87. The Morgan fingerprint density at radius 3 is 2.48 bits per heavy atom. The molecule has 5 nitrogen and oxygen atoms in total. The number of halogens is 3. The van der Waals surface area contributed by atoms with Gasteiger partial charge in [-0.3, -0.25) is 9.69 Å². The second-order valence-corrected chi connectivity index (χ2v) is 7.22. The summed E-state index contributed by atoms with van der Waals surface area (Å²) in [6.07, 6.45) is -4.35. The van der Waals surface area contributed by atoms with Gasteiger partial charge in [0.05, 0.1) is 22.5 Å².